The summed E-state index contributed by atoms with van der Waals surface area (Å²) in [6.45, 7) is 1.80. The van der Waals surface area contributed by atoms with E-state index >= 15 is 0 Å². The number of rotatable bonds is 4. The average Bonchev–Trinajstić information content (AvgIpc) is 2.54. The van der Waals surface area contributed by atoms with Gasteiger partial charge in [0.15, 0.2) is 0 Å². The van der Waals surface area contributed by atoms with Crippen LogP contribution in [0.25, 0.3) is 10.9 Å². The number of fused-ring (bicyclic) bond motifs is 1. The molecule has 1 heterocycles. The monoisotopic (exact) mass is 346 g/mol. The molecule has 0 aliphatic heterocycles. The Morgan fingerprint density at radius 1 is 1.08 bits per heavy atom. The molecule has 0 atom stereocenters. The molecule has 5 nitrogen and oxygen atoms in total. The molecule has 0 bridgehead atoms. The van der Waals surface area contributed by atoms with Crippen LogP contribution in [0.3, 0.4) is 0 Å². The van der Waals surface area contributed by atoms with E-state index in [1.54, 1.807) is 25.1 Å². The van der Waals surface area contributed by atoms with E-state index in [4.69, 9.17) is 0 Å². The molecular weight excluding hydrogens is 331 g/mol. The number of benzene rings is 2. The van der Waals surface area contributed by atoms with Gasteiger partial charge in [0, 0.05) is 17.6 Å². The number of aromatic amines is 1. The number of sulfonamides is 1. The number of halogens is 1. The van der Waals surface area contributed by atoms with Crippen LogP contribution < -0.4 is 10.3 Å². The highest BCUT2D eigenvalue weighted by atomic mass is 32.2. The summed E-state index contributed by atoms with van der Waals surface area (Å²) in [5, 5.41) is 0.825. The first-order valence-electron chi connectivity index (χ1n) is 7.23. The third-order valence-corrected chi connectivity index (χ3v) is 5.10. The molecule has 7 heteroatoms. The molecule has 0 saturated carbocycles. The van der Waals surface area contributed by atoms with Gasteiger partial charge < -0.3 is 4.98 Å². The Kier molecular flexibility index (Phi) is 4.21. The summed E-state index contributed by atoms with van der Waals surface area (Å²) in [5.41, 5.74) is 1.88. The molecule has 3 rings (SSSR count). The van der Waals surface area contributed by atoms with Crippen LogP contribution >= 0.6 is 0 Å². The summed E-state index contributed by atoms with van der Waals surface area (Å²) >= 11 is 0. The van der Waals surface area contributed by atoms with Crippen LogP contribution in [0.15, 0.2) is 58.2 Å². The normalized spacial score (nSPS) is 11.8. The van der Waals surface area contributed by atoms with Crippen LogP contribution in [0.1, 0.15) is 11.1 Å². The molecule has 2 N–H and O–H groups in total. The lowest BCUT2D eigenvalue weighted by molar-refractivity contribution is 0.580. The van der Waals surface area contributed by atoms with Gasteiger partial charge in [0.2, 0.25) is 10.0 Å². The molecule has 0 aliphatic carbocycles. The van der Waals surface area contributed by atoms with Gasteiger partial charge in [0.05, 0.1) is 4.90 Å². The molecule has 0 spiro atoms. The first-order chi connectivity index (χ1) is 11.3. The minimum absolute atomic E-state index is 0.00450. The van der Waals surface area contributed by atoms with Gasteiger partial charge in [-0.2, -0.15) is 0 Å². The highest BCUT2D eigenvalue weighted by Crippen LogP contribution is 2.15. The fourth-order valence-corrected chi connectivity index (χ4v) is 3.37. The van der Waals surface area contributed by atoms with Crippen LogP contribution in [-0.4, -0.2) is 13.4 Å². The van der Waals surface area contributed by atoms with Crippen LogP contribution in [0, 0.1) is 12.7 Å². The molecular formula is C17H15FN2O3S. The molecule has 2 aromatic carbocycles. The Morgan fingerprint density at radius 3 is 2.50 bits per heavy atom. The van der Waals surface area contributed by atoms with E-state index in [1.165, 1.54) is 12.1 Å². The van der Waals surface area contributed by atoms with E-state index in [0.717, 1.165) is 23.1 Å². The maximum atomic E-state index is 12.9. The van der Waals surface area contributed by atoms with Crippen LogP contribution in [-0.2, 0) is 16.6 Å². The largest absolute Gasteiger partial charge is 0.322 e. The zero-order valence-electron chi connectivity index (χ0n) is 12.8. The van der Waals surface area contributed by atoms with Gasteiger partial charge >= 0.3 is 0 Å². The van der Waals surface area contributed by atoms with Crippen molar-refractivity contribution in [3.05, 3.63) is 75.8 Å². The van der Waals surface area contributed by atoms with Gasteiger partial charge in [-0.3, -0.25) is 4.79 Å². The highest BCUT2D eigenvalue weighted by Gasteiger charge is 2.13. The Hall–Kier alpha value is -2.51. The Bertz CT molecular complexity index is 1060. The summed E-state index contributed by atoms with van der Waals surface area (Å²) in [5.74, 6) is -0.493. The molecule has 1 aromatic heterocycles. The fourth-order valence-electron chi connectivity index (χ4n) is 2.35. The van der Waals surface area contributed by atoms with Crippen LogP contribution in [0.4, 0.5) is 4.39 Å². The molecule has 24 heavy (non-hydrogen) atoms. The smallest absolute Gasteiger partial charge is 0.251 e. The molecule has 124 valence electrons. The van der Waals surface area contributed by atoms with Crippen molar-refractivity contribution in [3.63, 3.8) is 0 Å². The summed E-state index contributed by atoms with van der Waals surface area (Å²) in [4.78, 5) is 14.3. The van der Waals surface area contributed by atoms with Crippen molar-refractivity contribution in [1.82, 2.24) is 9.71 Å². The number of pyridine rings is 1. The predicted octanol–water partition coefficient (Wildman–Crippen LogP) is 2.45. The highest BCUT2D eigenvalue weighted by molar-refractivity contribution is 7.89. The van der Waals surface area contributed by atoms with Crippen molar-refractivity contribution in [2.24, 2.45) is 0 Å². The van der Waals surface area contributed by atoms with Crippen LogP contribution in [0.5, 0.6) is 0 Å². The average molecular weight is 346 g/mol. The van der Waals surface area contributed by atoms with Gasteiger partial charge in [0.1, 0.15) is 5.82 Å². The minimum atomic E-state index is -3.72. The maximum absolute atomic E-state index is 12.9. The van der Waals surface area contributed by atoms with E-state index < -0.39 is 15.8 Å². The lowest BCUT2D eigenvalue weighted by atomic mass is 10.1. The summed E-state index contributed by atoms with van der Waals surface area (Å²) in [6, 6.07) is 11.7. The van der Waals surface area contributed by atoms with Gasteiger partial charge in [-0.1, -0.05) is 6.07 Å². The molecule has 0 fully saturated rings. The van der Waals surface area contributed by atoms with Crippen LogP contribution in [0.2, 0.25) is 0 Å². The first-order valence-corrected chi connectivity index (χ1v) is 8.71. The van der Waals surface area contributed by atoms with E-state index in [9.17, 15) is 17.6 Å². The van der Waals surface area contributed by atoms with Crippen molar-refractivity contribution in [3.8, 4) is 0 Å². The molecule has 0 amide bonds. The van der Waals surface area contributed by atoms with Crippen molar-refractivity contribution < 1.29 is 12.8 Å². The number of hydrogen-bond acceptors (Lipinski definition) is 3. The zero-order chi connectivity index (χ0) is 17.3. The maximum Gasteiger partial charge on any atom is 0.251 e. The van der Waals surface area contributed by atoms with Crippen molar-refractivity contribution in [1.29, 1.82) is 0 Å². The Morgan fingerprint density at radius 2 is 1.79 bits per heavy atom. The molecule has 0 aliphatic rings. The number of nitrogens with one attached hydrogen (secondary N) is 2. The third kappa shape index (κ3) is 3.37. The van der Waals surface area contributed by atoms with E-state index in [0.29, 0.717) is 11.1 Å². The minimum Gasteiger partial charge on any atom is -0.322 e. The van der Waals surface area contributed by atoms with E-state index in [2.05, 4.69) is 9.71 Å². The van der Waals surface area contributed by atoms with Gasteiger partial charge in [-0.05, 0) is 60.3 Å². The van der Waals surface area contributed by atoms with Gasteiger partial charge in [-0.25, -0.2) is 17.5 Å². The lowest BCUT2D eigenvalue weighted by Gasteiger charge is -2.08. The quantitative estimate of drug-likeness (QED) is 0.762. The lowest BCUT2D eigenvalue weighted by Crippen LogP contribution is -2.23. The standard InChI is InChI=1S/C17H15FN2O3S/c1-11-8-13-9-12(2-7-16(13)20-17(11)21)10-19-24(22,23)15-5-3-14(18)4-6-15/h2-9,19H,10H2,1H3,(H,20,21). The summed E-state index contributed by atoms with van der Waals surface area (Å²) < 4.78 is 39.8. The van der Waals surface area contributed by atoms with Gasteiger partial charge in [-0.15, -0.1) is 0 Å². The van der Waals surface area contributed by atoms with Gasteiger partial charge in [0.25, 0.3) is 5.56 Å². The number of aromatic nitrogens is 1. The van der Waals surface area contributed by atoms with E-state index in [-0.39, 0.29) is 17.0 Å². The second-order valence-corrected chi connectivity index (χ2v) is 7.25. The number of aryl methyl sites for hydroxylation is 1. The molecule has 0 saturated heterocycles. The molecule has 0 unspecified atom stereocenters. The predicted molar refractivity (Wildman–Crippen MR) is 89.7 cm³/mol. The Labute approximate surface area is 138 Å². The van der Waals surface area contributed by atoms with E-state index in [1.807, 2.05) is 6.07 Å². The molecule has 3 aromatic rings. The summed E-state index contributed by atoms with van der Waals surface area (Å²) in [6.07, 6.45) is 0. The van der Waals surface area contributed by atoms with Crippen molar-refractivity contribution in [2.45, 2.75) is 18.4 Å². The number of H-pyrrole nitrogens is 1. The fraction of sp³-hybridized carbons (Fsp3) is 0.118. The zero-order valence-corrected chi connectivity index (χ0v) is 13.7. The summed E-state index contributed by atoms with van der Waals surface area (Å²) in [7, 11) is -3.72. The second-order valence-electron chi connectivity index (χ2n) is 5.48. The SMILES string of the molecule is Cc1cc2cc(CNS(=O)(=O)c3ccc(F)cc3)ccc2[nH]c1=O. The van der Waals surface area contributed by atoms with Crippen molar-refractivity contribution >= 4 is 20.9 Å². The number of hydrogen-bond donors (Lipinski definition) is 2. The topological polar surface area (TPSA) is 79.0 Å². The third-order valence-electron chi connectivity index (χ3n) is 3.68. The Balaban J connectivity index is 1.83. The molecule has 0 radical (unpaired) electrons. The van der Waals surface area contributed by atoms with Crippen molar-refractivity contribution in [2.75, 3.05) is 0 Å². The first kappa shape index (κ1) is 16.4. The second kappa shape index (κ2) is 6.18.